The molecule has 2 aromatic rings. The van der Waals surface area contributed by atoms with Crippen molar-refractivity contribution < 1.29 is 9.53 Å². The molecule has 0 spiro atoms. The molecule has 0 atom stereocenters. The van der Waals surface area contributed by atoms with Gasteiger partial charge in [0.1, 0.15) is 5.75 Å². The first kappa shape index (κ1) is 12.8. The Labute approximate surface area is 114 Å². The number of hydrogen-bond donors (Lipinski definition) is 0. The Bertz CT molecular complexity index is 596. The van der Waals surface area contributed by atoms with Crippen LogP contribution in [0.5, 0.6) is 5.75 Å². The Balaban J connectivity index is 2.48. The lowest BCUT2D eigenvalue weighted by molar-refractivity contribution is 0.103. The van der Waals surface area contributed by atoms with E-state index in [0.29, 0.717) is 16.9 Å². The summed E-state index contributed by atoms with van der Waals surface area (Å²) in [5.74, 6) is 0.481. The van der Waals surface area contributed by atoms with Gasteiger partial charge in [0.15, 0.2) is 5.78 Å². The topological polar surface area (TPSA) is 39.2 Å². The van der Waals surface area contributed by atoms with E-state index < -0.39 is 0 Å². The number of nitrogens with zero attached hydrogens (tertiary/aromatic N) is 1. The van der Waals surface area contributed by atoms with Gasteiger partial charge in [0.05, 0.1) is 12.7 Å². The monoisotopic (exact) mass is 305 g/mol. The van der Waals surface area contributed by atoms with Crippen molar-refractivity contribution in [3.63, 3.8) is 0 Å². The second kappa shape index (κ2) is 5.31. The van der Waals surface area contributed by atoms with Gasteiger partial charge in [-0.3, -0.25) is 9.78 Å². The van der Waals surface area contributed by atoms with Crippen molar-refractivity contribution in [1.29, 1.82) is 0 Å². The zero-order valence-electron chi connectivity index (χ0n) is 10.1. The average Bonchev–Trinajstić information content (AvgIpc) is 2.38. The van der Waals surface area contributed by atoms with E-state index in [9.17, 15) is 4.79 Å². The summed E-state index contributed by atoms with van der Waals surface area (Å²) in [6, 6.07) is 7.28. The van der Waals surface area contributed by atoms with Gasteiger partial charge in [0, 0.05) is 22.4 Å². The lowest BCUT2D eigenvalue weighted by Gasteiger charge is -2.08. The normalized spacial score (nSPS) is 10.2. The molecule has 1 aromatic heterocycles. The van der Waals surface area contributed by atoms with Crippen LogP contribution in [0, 0.1) is 6.92 Å². The highest BCUT2D eigenvalue weighted by molar-refractivity contribution is 9.10. The van der Waals surface area contributed by atoms with E-state index >= 15 is 0 Å². The number of aryl methyl sites for hydroxylation is 1. The fourth-order valence-corrected chi connectivity index (χ4v) is 2.06. The van der Waals surface area contributed by atoms with E-state index in [1.165, 1.54) is 0 Å². The van der Waals surface area contributed by atoms with Crippen LogP contribution in [0.4, 0.5) is 0 Å². The molecule has 4 heteroatoms. The highest BCUT2D eigenvalue weighted by Crippen LogP contribution is 2.23. The number of carbonyl (C=O) groups excluding carboxylic acids is 1. The SMILES string of the molecule is COc1ccc(C)cc1C(=O)c1cncc(Br)c1. The molecule has 0 unspecified atom stereocenters. The molecule has 0 aliphatic heterocycles. The summed E-state index contributed by atoms with van der Waals surface area (Å²) in [4.78, 5) is 16.4. The van der Waals surface area contributed by atoms with Crippen molar-refractivity contribution >= 4 is 21.7 Å². The highest BCUT2D eigenvalue weighted by atomic mass is 79.9. The minimum Gasteiger partial charge on any atom is -0.496 e. The highest BCUT2D eigenvalue weighted by Gasteiger charge is 2.15. The molecule has 0 saturated heterocycles. The summed E-state index contributed by atoms with van der Waals surface area (Å²) in [6.45, 7) is 1.94. The molecule has 0 N–H and O–H groups in total. The zero-order valence-corrected chi connectivity index (χ0v) is 11.7. The van der Waals surface area contributed by atoms with Crippen LogP contribution in [0.3, 0.4) is 0 Å². The van der Waals surface area contributed by atoms with Crippen LogP contribution in [0.25, 0.3) is 0 Å². The standard InChI is InChI=1S/C14H12BrNO2/c1-9-3-4-13(18-2)12(5-9)14(17)10-6-11(15)8-16-7-10/h3-8H,1-2H3. The summed E-state index contributed by atoms with van der Waals surface area (Å²) in [5, 5.41) is 0. The fourth-order valence-electron chi connectivity index (χ4n) is 1.69. The van der Waals surface area contributed by atoms with E-state index in [1.54, 1.807) is 31.6 Å². The number of ether oxygens (including phenoxy) is 1. The van der Waals surface area contributed by atoms with Gasteiger partial charge in [-0.2, -0.15) is 0 Å². The van der Waals surface area contributed by atoms with Gasteiger partial charge in [-0.05, 0) is 41.1 Å². The largest absolute Gasteiger partial charge is 0.496 e. The van der Waals surface area contributed by atoms with Crippen LogP contribution < -0.4 is 4.74 Å². The molecule has 0 saturated carbocycles. The molecular formula is C14H12BrNO2. The average molecular weight is 306 g/mol. The molecule has 0 amide bonds. The second-order valence-corrected chi connectivity index (χ2v) is 4.84. The van der Waals surface area contributed by atoms with Crippen molar-refractivity contribution in [2.45, 2.75) is 6.92 Å². The third-order valence-electron chi connectivity index (χ3n) is 2.57. The van der Waals surface area contributed by atoms with E-state index in [2.05, 4.69) is 20.9 Å². The maximum absolute atomic E-state index is 12.4. The van der Waals surface area contributed by atoms with E-state index in [-0.39, 0.29) is 5.78 Å². The quantitative estimate of drug-likeness (QED) is 0.816. The molecule has 0 aliphatic carbocycles. The molecule has 92 valence electrons. The number of benzene rings is 1. The summed E-state index contributed by atoms with van der Waals surface area (Å²) in [5.41, 5.74) is 2.10. The number of aromatic nitrogens is 1. The second-order valence-electron chi connectivity index (χ2n) is 3.92. The van der Waals surface area contributed by atoms with E-state index in [1.807, 2.05) is 19.1 Å². The molecule has 2 rings (SSSR count). The summed E-state index contributed by atoms with van der Waals surface area (Å²) in [6.07, 6.45) is 3.19. The van der Waals surface area contributed by atoms with Crippen LogP contribution in [-0.4, -0.2) is 17.9 Å². The van der Waals surface area contributed by atoms with Crippen LogP contribution in [-0.2, 0) is 0 Å². The Kier molecular flexibility index (Phi) is 3.77. The minimum atomic E-state index is -0.0932. The first-order valence-electron chi connectivity index (χ1n) is 5.41. The molecule has 1 aromatic carbocycles. The lowest BCUT2D eigenvalue weighted by Crippen LogP contribution is -2.05. The minimum absolute atomic E-state index is 0.0932. The maximum Gasteiger partial charge on any atom is 0.198 e. The Morgan fingerprint density at radius 3 is 2.72 bits per heavy atom. The molecule has 3 nitrogen and oxygen atoms in total. The third kappa shape index (κ3) is 2.59. The van der Waals surface area contributed by atoms with Gasteiger partial charge in [-0.25, -0.2) is 0 Å². The molecular weight excluding hydrogens is 294 g/mol. The summed E-state index contributed by atoms with van der Waals surface area (Å²) in [7, 11) is 1.56. The molecule has 1 heterocycles. The first-order valence-corrected chi connectivity index (χ1v) is 6.21. The van der Waals surface area contributed by atoms with Crippen LogP contribution in [0.1, 0.15) is 21.5 Å². The smallest absolute Gasteiger partial charge is 0.198 e. The third-order valence-corrected chi connectivity index (χ3v) is 3.00. The maximum atomic E-state index is 12.4. The van der Waals surface area contributed by atoms with Crippen LogP contribution in [0.2, 0.25) is 0 Å². The van der Waals surface area contributed by atoms with Crippen LogP contribution >= 0.6 is 15.9 Å². The van der Waals surface area contributed by atoms with Gasteiger partial charge in [-0.1, -0.05) is 11.6 Å². The van der Waals surface area contributed by atoms with Gasteiger partial charge in [0.2, 0.25) is 0 Å². The van der Waals surface area contributed by atoms with E-state index in [4.69, 9.17) is 4.74 Å². The Morgan fingerprint density at radius 1 is 1.28 bits per heavy atom. The Morgan fingerprint density at radius 2 is 2.06 bits per heavy atom. The number of methoxy groups -OCH3 is 1. The van der Waals surface area contributed by atoms with Crippen molar-refractivity contribution in [2.24, 2.45) is 0 Å². The van der Waals surface area contributed by atoms with Crippen LogP contribution in [0.15, 0.2) is 41.1 Å². The molecule has 0 aliphatic rings. The summed E-state index contributed by atoms with van der Waals surface area (Å²) >= 11 is 3.31. The first-order chi connectivity index (χ1) is 8.61. The Hall–Kier alpha value is -1.68. The van der Waals surface area contributed by atoms with Gasteiger partial charge < -0.3 is 4.74 Å². The number of hydrogen-bond acceptors (Lipinski definition) is 3. The number of rotatable bonds is 3. The van der Waals surface area contributed by atoms with Crippen molar-refractivity contribution in [3.8, 4) is 5.75 Å². The molecule has 0 bridgehead atoms. The lowest BCUT2D eigenvalue weighted by atomic mass is 10.0. The van der Waals surface area contributed by atoms with Crippen molar-refractivity contribution in [1.82, 2.24) is 4.98 Å². The molecule has 18 heavy (non-hydrogen) atoms. The molecule has 0 fully saturated rings. The van der Waals surface area contributed by atoms with Gasteiger partial charge in [-0.15, -0.1) is 0 Å². The number of ketones is 1. The fraction of sp³-hybridized carbons (Fsp3) is 0.143. The van der Waals surface area contributed by atoms with Crippen molar-refractivity contribution in [3.05, 3.63) is 57.8 Å². The number of pyridine rings is 1. The van der Waals surface area contributed by atoms with E-state index in [0.717, 1.165) is 10.0 Å². The van der Waals surface area contributed by atoms with Gasteiger partial charge in [0.25, 0.3) is 0 Å². The van der Waals surface area contributed by atoms with Crippen molar-refractivity contribution in [2.75, 3.05) is 7.11 Å². The number of carbonyl (C=O) groups is 1. The van der Waals surface area contributed by atoms with Gasteiger partial charge >= 0.3 is 0 Å². The molecule has 0 radical (unpaired) electrons. The number of halogens is 1. The predicted octanol–water partition coefficient (Wildman–Crippen LogP) is 3.39. The predicted molar refractivity (Wildman–Crippen MR) is 73.1 cm³/mol. The zero-order chi connectivity index (χ0) is 13.1. The summed E-state index contributed by atoms with van der Waals surface area (Å²) < 4.78 is 6.00.